The highest BCUT2D eigenvalue weighted by Crippen LogP contribution is 2.58. The number of aromatic carboxylic acids is 1. The molecule has 2 aromatic carbocycles. The molecule has 3 aliphatic carbocycles. The fourth-order valence-corrected chi connectivity index (χ4v) is 6.50. The third-order valence-electron chi connectivity index (χ3n) is 9.64. The van der Waals surface area contributed by atoms with Crippen LogP contribution in [0.1, 0.15) is 96.8 Å². The molecule has 2 heterocycles. The zero-order valence-corrected chi connectivity index (χ0v) is 28.2. The number of carbonyl (C=O) groups is 4. The van der Waals surface area contributed by atoms with Crippen LogP contribution in [0.4, 0.5) is 17.1 Å². The Morgan fingerprint density at radius 1 is 1.06 bits per heavy atom. The summed E-state index contributed by atoms with van der Waals surface area (Å²) in [6, 6.07) is 7.82. The van der Waals surface area contributed by atoms with E-state index in [1.807, 2.05) is 6.92 Å². The largest absolute Gasteiger partial charge is 0.477 e. The van der Waals surface area contributed by atoms with Crippen molar-refractivity contribution in [2.45, 2.75) is 72.4 Å². The van der Waals surface area contributed by atoms with Crippen molar-refractivity contribution in [2.24, 2.45) is 22.3 Å². The third kappa shape index (κ3) is 7.68. The SMILES string of the molecule is C.CCOC(=O)C12CCC(C(C)N)(CC1)CC2.Cl.NC(=O)c1nnn2c(C(=O)O)cc(C(=O)NCc3cccc(Nc4c(N)c(=O)c4=O)c3)nc12. The van der Waals surface area contributed by atoms with Crippen LogP contribution in [-0.4, -0.2) is 61.3 Å². The number of hydrogen-bond acceptors (Lipinski definition) is 13. The number of anilines is 3. The number of fused-ring (bicyclic) bond motifs is 4. The number of carbonyl (C=O) groups excluding carboxylic acids is 3. The van der Waals surface area contributed by atoms with Crippen molar-refractivity contribution in [3.63, 3.8) is 0 Å². The van der Waals surface area contributed by atoms with Crippen LogP contribution >= 0.6 is 12.4 Å². The van der Waals surface area contributed by atoms with Crippen molar-refractivity contribution in [2.75, 3.05) is 17.7 Å². The molecule has 2 bridgehead atoms. The van der Waals surface area contributed by atoms with Gasteiger partial charge in [-0.1, -0.05) is 24.8 Å². The summed E-state index contributed by atoms with van der Waals surface area (Å²) in [4.78, 5) is 74.4. The molecule has 2 aromatic heterocycles. The molecular formula is C33H42ClN9O8. The minimum atomic E-state index is -1.42. The number of nitrogen functional groups attached to an aromatic ring is 1. The molecule has 2 amide bonds. The predicted molar refractivity (Wildman–Crippen MR) is 190 cm³/mol. The van der Waals surface area contributed by atoms with Gasteiger partial charge < -0.3 is 37.7 Å². The quantitative estimate of drug-likeness (QED) is 0.101. The van der Waals surface area contributed by atoms with Crippen LogP contribution in [0, 0.1) is 10.8 Å². The van der Waals surface area contributed by atoms with E-state index >= 15 is 0 Å². The summed E-state index contributed by atoms with van der Waals surface area (Å²) in [5.74, 6) is -3.11. The van der Waals surface area contributed by atoms with Gasteiger partial charge in [-0.25, -0.2) is 9.78 Å². The Bertz CT molecular complexity index is 2010. The molecule has 274 valence electrons. The summed E-state index contributed by atoms with van der Waals surface area (Å²) in [6.07, 6.45) is 6.24. The number of primary amides is 1. The van der Waals surface area contributed by atoms with Crippen molar-refractivity contribution < 1.29 is 29.0 Å². The van der Waals surface area contributed by atoms with Crippen molar-refractivity contribution in [3.05, 3.63) is 73.4 Å². The lowest BCUT2D eigenvalue weighted by Gasteiger charge is -2.53. The number of amides is 2. The molecule has 9 N–H and O–H groups in total. The van der Waals surface area contributed by atoms with Gasteiger partial charge in [-0.05, 0) is 75.5 Å². The first-order valence-electron chi connectivity index (χ1n) is 15.7. The van der Waals surface area contributed by atoms with Crippen LogP contribution in [0.3, 0.4) is 0 Å². The molecule has 17 nitrogen and oxygen atoms in total. The highest BCUT2D eigenvalue weighted by molar-refractivity contribution is 6.00. The van der Waals surface area contributed by atoms with Gasteiger partial charge in [0.2, 0.25) is 0 Å². The molecule has 0 spiro atoms. The van der Waals surface area contributed by atoms with Crippen molar-refractivity contribution >= 4 is 58.9 Å². The molecule has 3 fully saturated rings. The Balaban J connectivity index is 0.000000329. The zero-order chi connectivity index (χ0) is 35.7. The normalized spacial score (nSPS) is 19.4. The van der Waals surface area contributed by atoms with Crippen LogP contribution in [0.25, 0.3) is 5.65 Å². The Labute approximate surface area is 298 Å². The van der Waals surface area contributed by atoms with Gasteiger partial charge in [-0.15, -0.1) is 17.5 Å². The molecule has 0 saturated heterocycles. The fourth-order valence-electron chi connectivity index (χ4n) is 6.50. The number of aromatic nitrogens is 4. The summed E-state index contributed by atoms with van der Waals surface area (Å²) in [5.41, 5.74) is 15.0. The Kier molecular flexibility index (Phi) is 12.3. The minimum Gasteiger partial charge on any atom is -0.477 e. The fraction of sp³-hybridized carbons (Fsp3) is 0.424. The third-order valence-corrected chi connectivity index (χ3v) is 9.64. The molecular weight excluding hydrogens is 686 g/mol. The van der Waals surface area contributed by atoms with Crippen LogP contribution in [0.2, 0.25) is 0 Å². The monoisotopic (exact) mass is 727 g/mol. The molecule has 4 aromatic rings. The topological polar surface area (TPSA) is 277 Å². The average molecular weight is 728 g/mol. The predicted octanol–water partition coefficient (Wildman–Crippen LogP) is 2.07. The zero-order valence-electron chi connectivity index (χ0n) is 27.4. The van der Waals surface area contributed by atoms with E-state index in [2.05, 4.69) is 32.9 Å². The molecule has 1 atom stereocenters. The van der Waals surface area contributed by atoms with E-state index in [4.69, 9.17) is 21.9 Å². The summed E-state index contributed by atoms with van der Waals surface area (Å²) in [5, 5.41) is 21.8. The molecule has 51 heavy (non-hydrogen) atoms. The summed E-state index contributed by atoms with van der Waals surface area (Å²) >= 11 is 0. The summed E-state index contributed by atoms with van der Waals surface area (Å²) < 4.78 is 6.02. The van der Waals surface area contributed by atoms with Gasteiger partial charge >= 0.3 is 11.9 Å². The van der Waals surface area contributed by atoms with E-state index in [0.717, 1.165) is 49.1 Å². The summed E-state index contributed by atoms with van der Waals surface area (Å²) in [7, 11) is 0. The smallest absolute Gasteiger partial charge is 0.354 e. The van der Waals surface area contributed by atoms with Crippen LogP contribution in [0.5, 0.6) is 0 Å². The number of nitrogens with two attached hydrogens (primary N) is 3. The van der Waals surface area contributed by atoms with E-state index < -0.39 is 34.3 Å². The maximum Gasteiger partial charge on any atom is 0.354 e. The maximum absolute atomic E-state index is 12.6. The number of hydrogen-bond donors (Lipinski definition) is 6. The molecule has 1 unspecified atom stereocenters. The van der Waals surface area contributed by atoms with Crippen molar-refractivity contribution in [1.82, 2.24) is 25.1 Å². The lowest BCUT2D eigenvalue weighted by molar-refractivity contribution is -0.166. The van der Waals surface area contributed by atoms with Gasteiger partial charge in [0.05, 0.1) is 12.0 Å². The molecule has 18 heteroatoms. The lowest BCUT2D eigenvalue weighted by atomic mass is 9.52. The second kappa shape index (κ2) is 15.6. The number of ether oxygens (including phenoxy) is 1. The maximum atomic E-state index is 12.6. The number of carboxylic acid groups (broad SMARTS) is 1. The molecule has 7 rings (SSSR count). The number of esters is 1. The van der Waals surface area contributed by atoms with E-state index in [1.165, 1.54) is 0 Å². The number of rotatable bonds is 10. The van der Waals surface area contributed by atoms with Crippen LogP contribution in [-0.2, 0) is 16.1 Å². The number of nitrogens with zero attached hydrogens (tertiary/aromatic N) is 4. The second-order valence-corrected chi connectivity index (χ2v) is 12.5. The van der Waals surface area contributed by atoms with Crippen molar-refractivity contribution in [1.29, 1.82) is 0 Å². The van der Waals surface area contributed by atoms with Gasteiger partial charge in [0.25, 0.3) is 22.7 Å². The van der Waals surface area contributed by atoms with Crippen LogP contribution < -0.4 is 38.7 Å². The standard InChI is InChI=1S/C19H14N8O6.C13H23NO2.CH4.ClH/c20-11-12(15(29)14(11)28)23-8-3-1-2-7(4-8)6-22-18(31)9-5-10(19(32)33)27-17(24-9)13(16(21)30)25-26-27;1-3-16-11(15)13-7-4-12(5-8-13,6-9-13)10(2)14;;/h1-5,23H,6,20H2,(H2,21,30)(H,22,31)(H,32,33);10H,3-9,14H2,1-2H3;1H4;1H. The highest BCUT2D eigenvalue weighted by atomic mass is 35.5. The Morgan fingerprint density at radius 3 is 2.25 bits per heavy atom. The molecule has 0 radical (unpaired) electrons. The van der Waals surface area contributed by atoms with Gasteiger partial charge in [0.15, 0.2) is 17.0 Å². The highest BCUT2D eigenvalue weighted by Gasteiger charge is 2.54. The first-order chi connectivity index (χ1) is 23.2. The Hall–Kier alpha value is -5.42. The van der Waals surface area contributed by atoms with E-state index in [0.29, 0.717) is 23.3 Å². The van der Waals surface area contributed by atoms with Gasteiger partial charge in [0.1, 0.15) is 17.1 Å². The molecule has 0 aliphatic heterocycles. The number of nitrogens with one attached hydrogen (secondary N) is 2. The van der Waals surface area contributed by atoms with E-state index in [-0.39, 0.29) is 72.2 Å². The van der Waals surface area contributed by atoms with E-state index in [9.17, 15) is 33.9 Å². The van der Waals surface area contributed by atoms with E-state index in [1.54, 1.807) is 24.3 Å². The first-order valence-corrected chi connectivity index (χ1v) is 15.7. The number of halogens is 1. The summed E-state index contributed by atoms with van der Waals surface area (Å²) in [6.45, 7) is 4.50. The lowest BCUT2D eigenvalue weighted by Crippen LogP contribution is -2.52. The van der Waals surface area contributed by atoms with Gasteiger partial charge in [0, 0.05) is 24.3 Å². The molecule has 3 saturated carbocycles. The van der Waals surface area contributed by atoms with Gasteiger partial charge in [-0.3, -0.25) is 24.0 Å². The average Bonchev–Trinajstić information content (AvgIpc) is 3.54. The van der Waals surface area contributed by atoms with Crippen molar-refractivity contribution in [3.8, 4) is 0 Å². The Morgan fingerprint density at radius 2 is 1.71 bits per heavy atom. The number of benzene rings is 1. The number of carboxylic acids is 1. The first kappa shape index (κ1) is 40.0. The molecule has 3 aliphatic rings. The minimum absolute atomic E-state index is 0. The van der Waals surface area contributed by atoms with Gasteiger partial charge in [-0.2, -0.15) is 4.52 Å². The second-order valence-electron chi connectivity index (χ2n) is 12.5. The van der Waals surface area contributed by atoms with Crippen LogP contribution in [0.15, 0.2) is 39.9 Å².